The minimum absolute atomic E-state index is 0.158. The van der Waals surface area contributed by atoms with Crippen molar-refractivity contribution in [2.24, 2.45) is 5.92 Å². The number of nitrogens with one attached hydrogen (secondary N) is 3. The zero-order valence-corrected chi connectivity index (χ0v) is 27.6. The summed E-state index contributed by atoms with van der Waals surface area (Å²) in [5.74, 6) is 0.165. The van der Waals surface area contributed by atoms with Crippen LogP contribution in [0.4, 0.5) is 16.2 Å². The van der Waals surface area contributed by atoms with E-state index in [1.54, 1.807) is 4.90 Å². The molecule has 4 rings (SSSR count). The van der Waals surface area contributed by atoms with E-state index in [0.29, 0.717) is 37.6 Å². The number of anilines is 2. The summed E-state index contributed by atoms with van der Waals surface area (Å²) < 4.78 is 5.94. The smallest absolute Gasteiger partial charge is 0.318 e. The third kappa shape index (κ3) is 10.8. The molecule has 1 aliphatic rings. The van der Waals surface area contributed by atoms with Gasteiger partial charge in [0.2, 0.25) is 11.8 Å². The Labute approximate surface area is 273 Å². The molecule has 0 saturated carbocycles. The number of benzene rings is 3. The lowest BCUT2D eigenvalue weighted by Crippen LogP contribution is -2.55. The third-order valence-electron chi connectivity index (χ3n) is 8.11. The van der Waals surface area contributed by atoms with Gasteiger partial charge in [0.05, 0.1) is 0 Å². The highest BCUT2D eigenvalue weighted by atomic mass is 16.5. The number of hydrogen-bond donors (Lipinski definition) is 3. The Morgan fingerprint density at radius 1 is 0.761 bits per heavy atom. The molecule has 246 valence electrons. The normalized spacial score (nSPS) is 14.5. The van der Waals surface area contributed by atoms with Gasteiger partial charge in [-0.3, -0.25) is 9.59 Å². The maximum Gasteiger partial charge on any atom is 0.318 e. The summed E-state index contributed by atoms with van der Waals surface area (Å²) in [6.45, 7) is 5.85. The number of hydrogen-bond acceptors (Lipinski definition) is 5. The fourth-order valence-corrected chi connectivity index (χ4v) is 5.47. The average Bonchev–Trinajstić information content (AvgIpc) is 3.34. The Balaban J connectivity index is 1.48. The fourth-order valence-electron chi connectivity index (χ4n) is 5.47. The number of nitrogens with zero attached hydrogens (tertiary/aromatic N) is 2. The lowest BCUT2D eigenvalue weighted by atomic mass is 10.0. The maximum absolute atomic E-state index is 13.8. The Morgan fingerprint density at radius 2 is 1.41 bits per heavy atom. The molecule has 0 unspecified atom stereocenters. The van der Waals surface area contributed by atoms with Crippen molar-refractivity contribution in [1.82, 2.24) is 15.5 Å². The first-order valence-corrected chi connectivity index (χ1v) is 16.4. The molecule has 0 radical (unpaired) electrons. The molecule has 46 heavy (non-hydrogen) atoms. The number of carbonyl (C=O) groups is 3. The fraction of sp³-hybridized carbons (Fsp3) is 0.432. The van der Waals surface area contributed by atoms with Gasteiger partial charge in [-0.05, 0) is 72.7 Å². The molecule has 1 fully saturated rings. The van der Waals surface area contributed by atoms with E-state index in [4.69, 9.17) is 4.74 Å². The van der Waals surface area contributed by atoms with Crippen molar-refractivity contribution in [2.45, 2.75) is 71.1 Å². The minimum Gasteiger partial charge on any atom is -0.489 e. The second-order valence-electron chi connectivity index (χ2n) is 12.6. The lowest BCUT2D eigenvalue weighted by Gasteiger charge is -2.27. The van der Waals surface area contributed by atoms with E-state index in [0.717, 1.165) is 42.5 Å². The van der Waals surface area contributed by atoms with Crippen LogP contribution < -0.4 is 25.6 Å². The van der Waals surface area contributed by atoms with Gasteiger partial charge in [-0.2, -0.15) is 0 Å². The number of amides is 4. The molecule has 0 aliphatic carbocycles. The quantitative estimate of drug-likeness (QED) is 0.216. The molecule has 2 atom stereocenters. The van der Waals surface area contributed by atoms with Gasteiger partial charge in [0.15, 0.2) is 0 Å². The van der Waals surface area contributed by atoms with E-state index < -0.39 is 12.1 Å². The van der Waals surface area contributed by atoms with Crippen LogP contribution in [0.2, 0.25) is 0 Å². The van der Waals surface area contributed by atoms with E-state index >= 15 is 0 Å². The van der Waals surface area contributed by atoms with Crippen LogP contribution in [0.15, 0.2) is 78.9 Å². The van der Waals surface area contributed by atoms with E-state index in [9.17, 15) is 14.4 Å². The first kappa shape index (κ1) is 34.3. The van der Waals surface area contributed by atoms with Gasteiger partial charge < -0.3 is 30.5 Å². The zero-order chi connectivity index (χ0) is 32.9. The second-order valence-corrected chi connectivity index (χ2v) is 12.6. The van der Waals surface area contributed by atoms with Crippen molar-refractivity contribution in [2.75, 3.05) is 37.4 Å². The molecule has 0 bridgehead atoms. The summed E-state index contributed by atoms with van der Waals surface area (Å²) in [5, 5.41) is 8.93. The van der Waals surface area contributed by atoms with Gasteiger partial charge in [0.1, 0.15) is 24.4 Å². The van der Waals surface area contributed by atoms with Crippen LogP contribution in [0.25, 0.3) is 0 Å². The average molecular weight is 628 g/mol. The highest BCUT2D eigenvalue weighted by Gasteiger charge is 2.29. The number of likely N-dealkylation sites (tertiary alicyclic amines) is 1. The van der Waals surface area contributed by atoms with Crippen molar-refractivity contribution in [3.8, 4) is 5.75 Å². The summed E-state index contributed by atoms with van der Waals surface area (Å²) in [7, 11) is 3.91. The molecule has 1 heterocycles. The lowest BCUT2D eigenvalue weighted by molar-refractivity contribution is -0.128. The molecule has 9 heteroatoms. The molecule has 3 aromatic carbocycles. The van der Waals surface area contributed by atoms with Crippen LogP contribution in [0.5, 0.6) is 5.75 Å². The van der Waals surface area contributed by atoms with Gasteiger partial charge in [0.25, 0.3) is 0 Å². The Morgan fingerprint density at radius 3 is 2.02 bits per heavy atom. The number of urea groups is 1. The van der Waals surface area contributed by atoms with Crippen LogP contribution in [0.3, 0.4) is 0 Å². The predicted octanol–water partition coefficient (Wildman–Crippen LogP) is 6.00. The highest BCUT2D eigenvalue weighted by molar-refractivity contribution is 5.98. The molecule has 0 spiro atoms. The standard InChI is InChI=1S/C37H49N5O4/c1-27(2)24-33(40-37(45)42-22-10-5-6-11-23-42)36(44)39-34(35(43)38-30-16-18-31(19-17-30)41(3)4)25-28-14-20-32(21-15-28)46-26-29-12-8-7-9-13-29/h7-9,12-21,27,33-34H,5-6,10-11,22-26H2,1-4H3,(H,38,43)(H,39,44)(H,40,45)/t33-,34-/m0/s1. The Hall–Kier alpha value is -4.53. The van der Waals surface area contributed by atoms with E-state index in [2.05, 4.69) is 16.0 Å². The van der Waals surface area contributed by atoms with Crippen molar-refractivity contribution >= 4 is 29.2 Å². The van der Waals surface area contributed by atoms with Gasteiger partial charge in [-0.1, -0.05) is 69.2 Å². The van der Waals surface area contributed by atoms with Gasteiger partial charge in [-0.15, -0.1) is 0 Å². The summed E-state index contributed by atoms with van der Waals surface area (Å²) in [5.41, 5.74) is 3.58. The molecule has 3 aromatic rings. The summed E-state index contributed by atoms with van der Waals surface area (Å²) in [4.78, 5) is 44.4. The van der Waals surface area contributed by atoms with Crippen LogP contribution in [0, 0.1) is 5.92 Å². The molecule has 4 amide bonds. The van der Waals surface area contributed by atoms with Crippen LogP contribution in [0.1, 0.15) is 57.1 Å². The molecule has 1 aliphatic heterocycles. The zero-order valence-electron chi connectivity index (χ0n) is 27.6. The SMILES string of the molecule is CC(C)C[C@H](NC(=O)N1CCCCCC1)C(=O)N[C@@H](Cc1ccc(OCc2ccccc2)cc1)C(=O)Nc1ccc(N(C)C)cc1. The second kappa shape index (κ2) is 17.2. The molecular weight excluding hydrogens is 578 g/mol. The highest BCUT2D eigenvalue weighted by Crippen LogP contribution is 2.19. The van der Waals surface area contributed by atoms with Crippen LogP contribution >= 0.6 is 0 Å². The Kier molecular flexibility index (Phi) is 12.9. The maximum atomic E-state index is 13.8. The largest absolute Gasteiger partial charge is 0.489 e. The van der Waals surface area contributed by atoms with Crippen molar-refractivity contribution in [1.29, 1.82) is 0 Å². The van der Waals surface area contributed by atoms with E-state index in [1.165, 1.54) is 0 Å². The van der Waals surface area contributed by atoms with E-state index in [1.807, 2.05) is 112 Å². The number of ether oxygens (including phenoxy) is 1. The monoisotopic (exact) mass is 627 g/mol. The first-order chi connectivity index (χ1) is 22.2. The predicted molar refractivity (Wildman–Crippen MR) is 184 cm³/mol. The molecule has 0 aromatic heterocycles. The van der Waals surface area contributed by atoms with Gasteiger partial charge in [-0.25, -0.2) is 4.79 Å². The third-order valence-corrected chi connectivity index (χ3v) is 8.11. The summed E-state index contributed by atoms with van der Waals surface area (Å²) in [6.07, 6.45) is 4.85. The number of rotatable bonds is 13. The summed E-state index contributed by atoms with van der Waals surface area (Å²) >= 11 is 0. The first-order valence-electron chi connectivity index (χ1n) is 16.4. The van der Waals surface area contributed by atoms with Crippen molar-refractivity contribution in [3.05, 3.63) is 90.0 Å². The molecular formula is C37H49N5O4. The van der Waals surface area contributed by atoms with Crippen molar-refractivity contribution in [3.63, 3.8) is 0 Å². The minimum atomic E-state index is -0.873. The molecule has 1 saturated heterocycles. The van der Waals surface area contributed by atoms with Crippen LogP contribution in [-0.4, -0.2) is 62.0 Å². The molecule has 9 nitrogen and oxygen atoms in total. The Bertz CT molecular complexity index is 1390. The van der Waals surface area contributed by atoms with Gasteiger partial charge >= 0.3 is 6.03 Å². The van der Waals surface area contributed by atoms with Gasteiger partial charge in [0, 0.05) is 45.0 Å². The van der Waals surface area contributed by atoms with E-state index in [-0.39, 0.29) is 30.2 Å². The van der Waals surface area contributed by atoms with Crippen LogP contribution in [-0.2, 0) is 22.6 Å². The summed E-state index contributed by atoms with van der Waals surface area (Å²) in [6, 6.07) is 23.2. The van der Waals surface area contributed by atoms with Crippen molar-refractivity contribution < 1.29 is 19.1 Å². The topological polar surface area (TPSA) is 103 Å². The number of carbonyl (C=O) groups excluding carboxylic acids is 3. The molecule has 3 N–H and O–H groups in total.